The first-order valence-corrected chi connectivity index (χ1v) is 5.36. The summed E-state index contributed by atoms with van der Waals surface area (Å²) in [5.41, 5.74) is 0.363. The summed E-state index contributed by atoms with van der Waals surface area (Å²) in [7, 11) is 0. The number of amides is 1. The summed E-state index contributed by atoms with van der Waals surface area (Å²) in [5.74, 6) is -0.162. The second-order valence-corrected chi connectivity index (χ2v) is 3.84. The van der Waals surface area contributed by atoms with Crippen LogP contribution >= 0.6 is 27.5 Å². The Kier molecular flexibility index (Phi) is 3.21. The number of anilines is 1. The zero-order valence-electron chi connectivity index (χ0n) is 7.78. The first-order valence-electron chi connectivity index (χ1n) is 4.19. The molecule has 0 saturated carbocycles. The van der Waals surface area contributed by atoms with E-state index >= 15 is 0 Å². The van der Waals surface area contributed by atoms with Gasteiger partial charge in [0.1, 0.15) is 0 Å². The van der Waals surface area contributed by atoms with E-state index in [4.69, 9.17) is 16.0 Å². The number of hydrogen-bond acceptors (Lipinski definition) is 4. The third kappa shape index (κ3) is 2.23. The molecular weight excluding hydrogens is 297 g/mol. The molecule has 5 nitrogen and oxygen atoms in total. The topological polar surface area (TPSA) is 68.0 Å². The standard InChI is InChI=1S/C9H5BrClN3O2/c10-6-5(1-4-16-6)9(15)14-8-7(11)12-2-3-13-8/h1-4H,(H,13,14,15). The predicted molar refractivity (Wildman–Crippen MR) is 61.4 cm³/mol. The Bertz CT molecular complexity index is 529. The normalized spacial score (nSPS) is 10.1. The highest BCUT2D eigenvalue weighted by Gasteiger charge is 2.14. The molecule has 7 heteroatoms. The maximum atomic E-state index is 11.7. The molecule has 2 heterocycles. The van der Waals surface area contributed by atoms with Crippen molar-refractivity contribution in [3.63, 3.8) is 0 Å². The van der Waals surface area contributed by atoms with Gasteiger partial charge in [-0.05, 0) is 22.0 Å². The van der Waals surface area contributed by atoms with Crippen LogP contribution in [0.4, 0.5) is 5.82 Å². The second kappa shape index (κ2) is 4.63. The van der Waals surface area contributed by atoms with Gasteiger partial charge in [0.05, 0.1) is 11.8 Å². The molecule has 2 rings (SSSR count). The van der Waals surface area contributed by atoms with Crippen LogP contribution in [0.2, 0.25) is 5.15 Å². The summed E-state index contributed by atoms with van der Waals surface area (Å²) in [5, 5.41) is 2.65. The molecule has 0 spiro atoms. The fourth-order valence-corrected chi connectivity index (χ4v) is 1.61. The molecule has 0 atom stereocenters. The molecule has 0 aliphatic carbocycles. The number of rotatable bonds is 2. The van der Waals surface area contributed by atoms with Crippen molar-refractivity contribution < 1.29 is 9.21 Å². The van der Waals surface area contributed by atoms with Gasteiger partial charge in [0.15, 0.2) is 15.6 Å². The van der Waals surface area contributed by atoms with Gasteiger partial charge < -0.3 is 9.73 Å². The van der Waals surface area contributed by atoms with Gasteiger partial charge in [-0.15, -0.1) is 0 Å². The molecule has 0 aliphatic heterocycles. The minimum Gasteiger partial charge on any atom is -0.457 e. The maximum Gasteiger partial charge on any atom is 0.261 e. The van der Waals surface area contributed by atoms with E-state index in [2.05, 4.69) is 31.2 Å². The van der Waals surface area contributed by atoms with Crippen molar-refractivity contribution in [2.24, 2.45) is 0 Å². The van der Waals surface area contributed by atoms with Gasteiger partial charge in [-0.1, -0.05) is 11.6 Å². The molecule has 0 aliphatic rings. The highest BCUT2D eigenvalue weighted by atomic mass is 79.9. The van der Waals surface area contributed by atoms with E-state index in [-0.39, 0.29) is 16.9 Å². The lowest BCUT2D eigenvalue weighted by atomic mass is 10.3. The number of aromatic nitrogens is 2. The Labute approximate surface area is 104 Å². The summed E-state index contributed by atoms with van der Waals surface area (Å²) in [6.07, 6.45) is 4.27. The zero-order chi connectivity index (χ0) is 11.5. The van der Waals surface area contributed by atoms with Crippen molar-refractivity contribution in [2.45, 2.75) is 0 Å². The quantitative estimate of drug-likeness (QED) is 0.926. The Morgan fingerprint density at radius 2 is 2.19 bits per heavy atom. The van der Waals surface area contributed by atoms with Crippen LogP contribution in [-0.4, -0.2) is 15.9 Å². The molecule has 0 aromatic carbocycles. The van der Waals surface area contributed by atoms with Gasteiger partial charge in [-0.25, -0.2) is 9.97 Å². The average molecular weight is 303 g/mol. The molecule has 1 N–H and O–H groups in total. The predicted octanol–water partition coefficient (Wildman–Crippen LogP) is 2.74. The first-order chi connectivity index (χ1) is 7.68. The lowest BCUT2D eigenvalue weighted by Crippen LogP contribution is -2.13. The average Bonchev–Trinajstić information content (AvgIpc) is 2.68. The minimum absolute atomic E-state index is 0.135. The second-order valence-electron chi connectivity index (χ2n) is 2.76. The number of nitrogens with one attached hydrogen (secondary N) is 1. The van der Waals surface area contributed by atoms with Gasteiger partial charge in [0.2, 0.25) is 0 Å². The van der Waals surface area contributed by atoms with Crippen LogP contribution in [0, 0.1) is 0 Å². The fourth-order valence-electron chi connectivity index (χ4n) is 1.04. The minimum atomic E-state index is -0.372. The number of furan rings is 1. The fraction of sp³-hybridized carbons (Fsp3) is 0. The van der Waals surface area contributed by atoms with E-state index in [0.29, 0.717) is 10.2 Å². The molecule has 0 radical (unpaired) electrons. The summed E-state index contributed by atoms with van der Waals surface area (Å²) in [6.45, 7) is 0. The Morgan fingerprint density at radius 3 is 2.81 bits per heavy atom. The van der Waals surface area contributed by atoms with Crippen molar-refractivity contribution >= 4 is 39.3 Å². The number of carbonyl (C=O) groups is 1. The van der Waals surface area contributed by atoms with Crippen LogP contribution in [0.15, 0.2) is 33.8 Å². The van der Waals surface area contributed by atoms with Gasteiger partial charge in [-0.3, -0.25) is 4.79 Å². The van der Waals surface area contributed by atoms with E-state index in [1.54, 1.807) is 0 Å². The van der Waals surface area contributed by atoms with E-state index < -0.39 is 0 Å². The van der Waals surface area contributed by atoms with Crippen LogP contribution in [0.1, 0.15) is 10.4 Å². The van der Waals surface area contributed by atoms with Gasteiger partial charge in [0, 0.05) is 12.4 Å². The smallest absolute Gasteiger partial charge is 0.261 e. The van der Waals surface area contributed by atoms with Crippen molar-refractivity contribution in [3.8, 4) is 0 Å². The summed E-state index contributed by atoms with van der Waals surface area (Å²) < 4.78 is 5.29. The van der Waals surface area contributed by atoms with E-state index in [0.717, 1.165) is 0 Å². The largest absolute Gasteiger partial charge is 0.457 e. The summed E-state index contributed by atoms with van der Waals surface area (Å²) >= 11 is 8.85. The molecule has 2 aromatic heterocycles. The number of nitrogens with zero attached hydrogens (tertiary/aromatic N) is 2. The lowest BCUT2D eigenvalue weighted by Gasteiger charge is -2.03. The third-order valence-corrected chi connectivity index (χ3v) is 2.64. The number of hydrogen-bond donors (Lipinski definition) is 1. The molecule has 0 saturated heterocycles. The van der Waals surface area contributed by atoms with Gasteiger partial charge >= 0.3 is 0 Å². The van der Waals surface area contributed by atoms with Crippen LogP contribution in [-0.2, 0) is 0 Å². The van der Waals surface area contributed by atoms with Crippen LogP contribution in [0.5, 0.6) is 0 Å². The summed E-state index contributed by atoms with van der Waals surface area (Å²) in [4.78, 5) is 19.4. The van der Waals surface area contributed by atoms with E-state index in [1.807, 2.05) is 0 Å². The molecule has 0 bridgehead atoms. The molecule has 2 aromatic rings. The van der Waals surface area contributed by atoms with Crippen molar-refractivity contribution in [1.29, 1.82) is 0 Å². The first kappa shape index (κ1) is 11.1. The molecule has 0 fully saturated rings. The highest BCUT2D eigenvalue weighted by molar-refractivity contribution is 9.10. The monoisotopic (exact) mass is 301 g/mol. The van der Waals surface area contributed by atoms with Crippen molar-refractivity contribution in [3.05, 3.63) is 40.1 Å². The number of halogens is 2. The van der Waals surface area contributed by atoms with Crippen LogP contribution < -0.4 is 5.32 Å². The number of carbonyl (C=O) groups excluding carboxylic acids is 1. The van der Waals surface area contributed by atoms with Gasteiger partial charge in [0.25, 0.3) is 5.91 Å². The molecule has 16 heavy (non-hydrogen) atoms. The maximum absolute atomic E-state index is 11.7. The SMILES string of the molecule is O=C(Nc1nccnc1Cl)c1ccoc1Br. The zero-order valence-corrected chi connectivity index (χ0v) is 10.1. The third-order valence-electron chi connectivity index (χ3n) is 1.75. The summed E-state index contributed by atoms with van der Waals surface area (Å²) in [6, 6.07) is 1.53. The highest BCUT2D eigenvalue weighted by Crippen LogP contribution is 2.20. The molecular formula is C9H5BrClN3O2. The Morgan fingerprint density at radius 1 is 1.44 bits per heavy atom. The van der Waals surface area contributed by atoms with Crippen LogP contribution in [0.25, 0.3) is 0 Å². The molecule has 1 amide bonds. The van der Waals surface area contributed by atoms with E-state index in [1.165, 1.54) is 24.7 Å². The van der Waals surface area contributed by atoms with Crippen molar-refractivity contribution in [2.75, 3.05) is 5.32 Å². The van der Waals surface area contributed by atoms with Crippen LogP contribution in [0.3, 0.4) is 0 Å². The van der Waals surface area contributed by atoms with E-state index in [9.17, 15) is 4.79 Å². The molecule has 82 valence electrons. The van der Waals surface area contributed by atoms with Crippen molar-refractivity contribution in [1.82, 2.24) is 9.97 Å². The lowest BCUT2D eigenvalue weighted by molar-refractivity contribution is 0.102. The Balaban J connectivity index is 2.21. The Hall–Kier alpha value is -1.40. The molecule has 0 unspecified atom stereocenters. The van der Waals surface area contributed by atoms with Gasteiger partial charge in [-0.2, -0.15) is 0 Å².